The number of nitrogens with one attached hydrogen (secondary N) is 1. The average Bonchev–Trinajstić information content (AvgIpc) is 3.31. The van der Waals surface area contributed by atoms with E-state index in [1.54, 1.807) is 23.5 Å². The second kappa shape index (κ2) is 9.11. The summed E-state index contributed by atoms with van der Waals surface area (Å²) < 4.78 is 15.9. The predicted molar refractivity (Wildman–Crippen MR) is 133 cm³/mol. The highest BCUT2D eigenvalue weighted by Crippen LogP contribution is 2.53. The number of rotatable bonds is 8. The molecule has 1 amide bonds. The maximum atomic E-state index is 13.6. The zero-order chi connectivity index (χ0) is 23.2. The Hall–Kier alpha value is -2.19. The number of benzene rings is 1. The molecular formula is C26H29FN4OS2. The summed E-state index contributed by atoms with van der Waals surface area (Å²) >= 11 is 3.10. The van der Waals surface area contributed by atoms with Crippen molar-refractivity contribution < 1.29 is 9.18 Å². The van der Waals surface area contributed by atoms with Gasteiger partial charge in [0, 0.05) is 12.1 Å². The first-order valence-electron chi connectivity index (χ1n) is 12.3. The molecular weight excluding hydrogens is 467 g/mol. The van der Waals surface area contributed by atoms with Crippen LogP contribution in [0.1, 0.15) is 62.3 Å². The first kappa shape index (κ1) is 22.3. The smallest absolute Gasteiger partial charge is 0.238 e. The minimum absolute atomic E-state index is 0.0427. The summed E-state index contributed by atoms with van der Waals surface area (Å²) in [6.45, 7) is 2.30. The molecule has 3 fully saturated rings. The van der Waals surface area contributed by atoms with E-state index < -0.39 is 5.25 Å². The van der Waals surface area contributed by atoms with Crippen molar-refractivity contribution in [2.75, 3.05) is 0 Å². The van der Waals surface area contributed by atoms with E-state index in [0.717, 1.165) is 46.1 Å². The minimum atomic E-state index is -0.507. The fourth-order valence-corrected chi connectivity index (χ4v) is 7.73. The minimum Gasteiger partial charge on any atom is -0.352 e. The van der Waals surface area contributed by atoms with Gasteiger partial charge < -0.3 is 5.32 Å². The lowest BCUT2D eigenvalue weighted by atomic mass is 9.84. The largest absolute Gasteiger partial charge is 0.352 e. The van der Waals surface area contributed by atoms with Crippen LogP contribution in [-0.4, -0.2) is 26.7 Å². The van der Waals surface area contributed by atoms with E-state index in [0.29, 0.717) is 5.92 Å². The van der Waals surface area contributed by atoms with Crippen LogP contribution >= 0.6 is 23.1 Å². The lowest BCUT2D eigenvalue weighted by Crippen LogP contribution is -2.30. The van der Waals surface area contributed by atoms with E-state index in [1.807, 2.05) is 6.07 Å². The van der Waals surface area contributed by atoms with E-state index in [4.69, 9.17) is 0 Å². The molecule has 178 valence electrons. The van der Waals surface area contributed by atoms with Gasteiger partial charge in [0.1, 0.15) is 11.1 Å². The number of carbonyl (C=O) groups excluding carboxylic acids is 1. The molecule has 1 N–H and O–H groups in total. The molecule has 8 heteroatoms. The summed E-state index contributed by atoms with van der Waals surface area (Å²) in [5.41, 5.74) is 0.782. The number of aromatic nitrogens is 3. The highest BCUT2D eigenvalue weighted by molar-refractivity contribution is 8.00. The Labute approximate surface area is 207 Å². The molecule has 2 aromatic heterocycles. The van der Waals surface area contributed by atoms with Gasteiger partial charge in [-0.05, 0) is 85.9 Å². The number of hydrogen-bond donors (Lipinski definition) is 1. The number of halogens is 1. The number of fused-ring (bicyclic) bond motifs is 2. The molecule has 0 aliphatic heterocycles. The third kappa shape index (κ3) is 4.31. The third-order valence-electron chi connectivity index (χ3n) is 7.78. The van der Waals surface area contributed by atoms with Gasteiger partial charge in [0.25, 0.3) is 0 Å². The van der Waals surface area contributed by atoms with Gasteiger partial charge >= 0.3 is 0 Å². The number of carbonyl (C=O) groups is 1. The molecule has 5 atom stereocenters. The van der Waals surface area contributed by atoms with E-state index >= 15 is 0 Å². The number of thiophene rings is 1. The van der Waals surface area contributed by atoms with Crippen LogP contribution in [0.2, 0.25) is 0 Å². The summed E-state index contributed by atoms with van der Waals surface area (Å²) in [4.78, 5) is 14.4. The van der Waals surface area contributed by atoms with Crippen LogP contribution < -0.4 is 5.32 Å². The van der Waals surface area contributed by atoms with Crippen molar-refractivity contribution in [1.29, 1.82) is 0 Å². The fourth-order valence-electron chi connectivity index (χ4n) is 5.90. The molecule has 0 radical (unpaired) electrons. The van der Waals surface area contributed by atoms with Crippen LogP contribution in [0.5, 0.6) is 0 Å². The highest BCUT2D eigenvalue weighted by Gasteiger charge is 2.43. The quantitative estimate of drug-likeness (QED) is 0.374. The van der Waals surface area contributed by atoms with Gasteiger partial charge in [-0.25, -0.2) is 4.39 Å². The molecule has 3 saturated carbocycles. The Kier molecular flexibility index (Phi) is 5.97. The molecule has 5 nitrogen and oxygen atoms in total. The molecule has 5 unspecified atom stereocenters. The number of amides is 1. The molecule has 1 aromatic carbocycles. The van der Waals surface area contributed by atoms with Crippen LogP contribution in [-0.2, 0) is 4.79 Å². The van der Waals surface area contributed by atoms with E-state index in [1.165, 1.54) is 49.6 Å². The number of hydrogen-bond acceptors (Lipinski definition) is 5. The van der Waals surface area contributed by atoms with Crippen molar-refractivity contribution in [1.82, 2.24) is 20.1 Å². The summed E-state index contributed by atoms with van der Waals surface area (Å²) in [5, 5.41) is 14.7. The fraction of sp³-hybridized carbons (Fsp3) is 0.500. The molecule has 6 rings (SSSR count). The van der Waals surface area contributed by atoms with Gasteiger partial charge in [0.2, 0.25) is 5.91 Å². The first-order chi connectivity index (χ1) is 16.6. The average molecular weight is 497 g/mol. The van der Waals surface area contributed by atoms with E-state index in [9.17, 15) is 9.18 Å². The maximum Gasteiger partial charge on any atom is 0.238 e. The molecule has 3 aliphatic rings. The van der Waals surface area contributed by atoms with Gasteiger partial charge in [0.05, 0.1) is 4.88 Å². The number of nitrogens with zero attached hydrogens (tertiary/aromatic N) is 3. The molecule has 2 heterocycles. The van der Waals surface area contributed by atoms with E-state index in [-0.39, 0.29) is 23.8 Å². The van der Waals surface area contributed by atoms with Crippen molar-refractivity contribution in [3.05, 3.63) is 53.2 Å². The second-order valence-electron chi connectivity index (χ2n) is 10.1. The summed E-state index contributed by atoms with van der Waals surface area (Å²) in [6.07, 6.45) is 7.33. The van der Waals surface area contributed by atoms with Crippen LogP contribution in [0, 0.1) is 23.6 Å². The standard InChI is InChI=1S/C26H29FN4OS2/c1-15(21-14-16-4-5-18(21)13-16)31-24(22-3-2-12-33-22)29-30-26(31)34-23(25(32)28-20-10-11-20)17-6-8-19(27)9-7-17/h2-3,6-9,12,15-16,18,20-21,23H,4-5,10-11,13-14H2,1H3,(H,28,32). The highest BCUT2D eigenvalue weighted by atomic mass is 32.2. The van der Waals surface area contributed by atoms with Crippen molar-refractivity contribution in [3.63, 3.8) is 0 Å². The monoisotopic (exact) mass is 496 g/mol. The summed E-state index contributed by atoms with van der Waals surface area (Å²) in [5.74, 6) is 2.77. The first-order valence-corrected chi connectivity index (χ1v) is 14.0. The molecule has 34 heavy (non-hydrogen) atoms. The van der Waals surface area contributed by atoms with Gasteiger partial charge in [-0.2, -0.15) is 0 Å². The molecule has 3 aromatic rings. The SMILES string of the molecule is CC(C1CC2CCC1C2)n1c(SC(C(=O)NC2CC2)c2ccc(F)cc2)nnc1-c1cccs1. The maximum absolute atomic E-state index is 13.6. The Morgan fingerprint density at radius 2 is 1.97 bits per heavy atom. The normalized spacial score (nSPS) is 25.4. The molecule has 3 aliphatic carbocycles. The lowest BCUT2D eigenvalue weighted by molar-refractivity contribution is -0.120. The van der Waals surface area contributed by atoms with Crippen LogP contribution in [0.3, 0.4) is 0 Å². The molecule has 0 spiro atoms. The summed E-state index contributed by atoms with van der Waals surface area (Å²) in [6, 6.07) is 10.9. The molecule has 0 saturated heterocycles. The second-order valence-corrected chi connectivity index (χ2v) is 12.1. The van der Waals surface area contributed by atoms with Crippen molar-refractivity contribution in [2.45, 2.75) is 67.9 Å². The van der Waals surface area contributed by atoms with Gasteiger partial charge in [0.15, 0.2) is 11.0 Å². The van der Waals surface area contributed by atoms with Crippen molar-refractivity contribution >= 4 is 29.0 Å². The zero-order valence-electron chi connectivity index (χ0n) is 19.2. The number of thioether (sulfide) groups is 1. The zero-order valence-corrected chi connectivity index (χ0v) is 20.8. The van der Waals surface area contributed by atoms with E-state index in [2.05, 4.69) is 38.5 Å². The Morgan fingerprint density at radius 1 is 1.15 bits per heavy atom. The summed E-state index contributed by atoms with van der Waals surface area (Å²) in [7, 11) is 0. The Morgan fingerprint density at radius 3 is 2.62 bits per heavy atom. The third-order valence-corrected chi connectivity index (χ3v) is 9.86. The Bertz CT molecular complexity index is 1160. The van der Waals surface area contributed by atoms with Crippen LogP contribution in [0.4, 0.5) is 4.39 Å². The van der Waals surface area contributed by atoms with Crippen LogP contribution in [0.15, 0.2) is 46.9 Å². The molecule has 2 bridgehead atoms. The lowest BCUT2D eigenvalue weighted by Gasteiger charge is -2.30. The van der Waals surface area contributed by atoms with Crippen molar-refractivity contribution in [3.8, 4) is 10.7 Å². The predicted octanol–water partition coefficient (Wildman–Crippen LogP) is 6.25. The topological polar surface area (TPSA) is 59.8 Å². The van der Waals surface area contributed by atoms with Gasteiger partial charge in [-0.15, -0.1) is 21.5 Å². The Balaban J connectivity index is 1.36. The van der Waals surface area contributed by atoms with Gasteiger partial charge in [-0.3, -0.25) is 9.36 Å². The van der Waals surface area contributed by atoms with Crippen molar-refractivity contribution in [2.24, 2.45) is 17.8 Å². The van der Waals surface area contributed by atoms with Crippen LogP contribution in [0.25, 0.3) is 10.7 Å². The van der Waals surface area contributed by atoms with Gasteiger partial charge in [-0.1, -0.05) is 36.4 Å².